The number of guanidine groups is 1. The largest absolute Gasteiger partial charge is 0.357 e. The van der Waals surface area contributed by atoms with Crippen LogP contribution < -0.4 is 15.5 Å². The van der Waals surface area contributed by atoms with Crippen molar-refractivity contribution in [3.63, 3.8) is 0 Å². The molecule has 0 atom stereocenters. The summed E-state index contributed by atoms with van der Waals surface area (Å²) in [5, 5.41) is 9.68. The fraction of sp³-hybridized carbons (Fsp3) is 0.360. The molecule has 2 heterocycles. The van der Waals surface area contributed by atoms with Crippen molar-refractivity contribution >= 4 is 22.5 Å². The van der Waals surface area contributed by atoms with Gasteiger partial charge in [-0.05, 0) is 54.7 Å². The van der Waals surface area contributed by atoms with Gasteiger partial charge in [0, 0.05) is 38.4 Å². The first kappa shape index (κ1) is 20.2. The van der Waals surface area contributed by atoms with Gasteiger partial charge in [-0.15, -0.1) is 0 Å². The maximum atomic E-state index is 4.86. The molecule has 5 nitrogen and oxygen atoms in total. The lowest BCUT2D eigenvalue weighted by atomic mass is 10.0. The van der Waals surface area contributed by atoms with Crippen molar-refractivity contribution in [3.8, 4) is 0 Å². The van der Waals surface area contributed by atoms with Crippen molar-refractivity contribution in [1.29, 1.82) is 0 Å². The zero-order chi connectivity index (χ0) is 20.6. The van der Waals surface area contributed by atoms with E-state index in [0.717, 1.165) is 57.2 Å². The lowest BCUT2D eigenvalue weighted by Gasteiger charge is -2.33. The number of aromatic nitrogens is 1. The normalized spacial score (nSPS) is 15.4. The highest BCUT2D eigenvalue weighted by molar-refractivity contribution is 5.85. The molecule has 1 saturated heterocycles. The van der Waals surface area contributed by atoms with Crippen LogP contribution in [0.3, 0.4) is 0 Å². The molecule has 0 unspecified atom stereocenters. The zero-order valence-corrected chi connectivity index (χ0v) is 17.7. The summed E-state index contributed by atoms with van der Waals surface area (Å²) in [6.45, 7) is 5.79. The molecule has 2 N–H and O–H groups in total. The van der Waals surface area contributed by atoms with Gasteiger partial charge in [0.05, 0.1) is 0 Å². The number of aliphatic imine (C=N–C) groups is 1. The van der Waals surface area contributed by atoms with Crippen molar-refractivity contribution in [2.24, 2.45) is 4.99 Å². The lowest BCUT2D eigenvalue weighted by Crippen LogP contribution is -2.49. The molecule has 156 valence electrons. The number of nitrogens with zero attached hydrogens (tertiary/aromatic N) is 3. The van der Waals surface area contributed by atoms with Gasteiger partial charge in [-0.1, -0.05) is 48.5 Å². The molecular formula is C25H31N5. The average molecular weight is 402 g/mol. The first-order valence-corrected chi connectivity index (χ1v) is 11.0. The second-order valence-corrected chi connectivity index (χ2v) is 7.74. The fourth-order valence-corrected chi connectivity index (χ4v) is 4.11. The summed E-state index contributed by atoms with van der Waals surface area (Å²) in [4.78, 5) is 11.7. The van der Waals surface area contributed by atoms with Crippen LogP contribution in [0.25, 0.3) is 10.8 Å². The summed E-state index contributed by atoms with van der Waals surface area (Å²) in [6, 6.07) is 21.7. The average Bonchev–Trinajstić information content (AvgIpc) is 2.80. The van der Waals surface area contributed by atoms with Crippen LogP contribution in [-0.4, -0.2) is 43.2 Å². The molecule has 3 aromatic rings. The predicted octanol–water partition coefficient (Wildman–Crippen LogP) is 4.00. The SMILES string of the molecule is CCNC(=NCCc1cccc2ccccc12)NC1CCN(c2ccccn2)CC1. The molecule has 0 radical (unpaired) electrons. The molecule has 0 spiro atoms. The van der Waals surface area contributed by atoms with Crippen molar-refractivity contribution in [2.75, 3.05) is 31.1 Å². The van der Waals surface area contributed by atoms with Crippen LogP contribution in [0.15, 0.2) is 71.9 Å². The van der Waals surface area contributed by atoms with Crippen molar-refractivity contribution in [2.45, 2.75) is 32.2 Å². The minimum absolute atomic E-state index is 0.445. The molecule has 0 aliphatic carbocycles. The molecule has 4 rings (SSSR count). The van der Waals surface area contributed by atoms with E-state index in [1.807, 2.05) is 12.3 Å². The number of hydrogen-bond donors (Lipinski definition) is 2. The summed E-state index contributed by atoms with van der Waals surface area (Å²) in [5.74, 6) is 2.00. The summed E-state index contributed by atoms with van der Waals surface area (Å²) in [5.41, 5.74) is 1.36. The topological polar surface area (TPSA) is 52.6 Å². The van der Waals surface area contributed by atoms with Crippen LogP contribution in [-0.2, 0) is 6.42 Å². The molecule has 1 aromatic heterocycles. The number of hydrogen-bond acceptors (Lipinski definition) is 3. The van der Waals surface area contributed by atoms with Crippen molar-refractivity contribution in [1.82, 2.24) is 15.6 Å². The summed E-state index contributed by atoms with van der Waals surface area (Å²) >= 11 is 0. The van der Waals surface area contributed by atoms with Gasteiger partial charge in [0.2, 0.25) is 0 Å². The number of nitrogens with one attached hydrogen (secondary N) is 2. The minimum atomic E-state index is 0.445. The third kappa shape index (κ3) is 5.09. The Balaban J connectivity index is 1.33. The van der Waals surface area contributed by atoms with E-state index in [1.54, 1.807) is 0 Å². The molecule has 0 amide bonds. The van der Waals surface area contributed by atoms with E-state index < -0.39 is 0 Å². The standard InChI is InChI=1S/C25H31N5/c1-2-26-25(28-17-13-21-10-7-9-20-8-3-4-11-23(20)21)29-22-14-18-30(19-15-22)24-12-5-6-16-27-24/h3-12,16,22H,2,13-15,17-19H2,1H3,(H2,26,28,29). The van der Waals surface area contributed by atoms with Crippen LogP contribution in [0.4, 0.5) is 5.82 Å². The molecule has 1 aliphatic heterocycles. The third-order valence-electron chi connectivity index (χ3n) is 5.68. The predicted molar refractivity (Wildman–Crippen MR) is 126 cm³/mol. The second-order valence-electron chi connectivity index (χ2n) is 7.74. The number of anilines is 1. The Morgan fingerprint density at radius 2 is 1.83 bits per heavy atom. The summed E-state index contributed by atoms with van der Waals surface area (Å²) in [6.07, 6.45) is 4.98. The molecule has 5 heteroatoms. The van der Waals surface area contributed by atoms with Gasteiger partial charge in [0.25, 0.3) is 0 Å². The second kappa shape index (κ2) is 10.1. The van der Waals surface area contributed by atoms with E-state index in [0.29, 0.717) is 6.04 Å². The number of pyridine rings is 1. The van der Waals surface area contributed by atoms with Crippen LogP contribution >= 0.6 is 0 Å². The lowest BCUT2D eigenvalue weighted by molar-refractivity contribution is 0.459. The summed E-state index contributed by atoms with van der Waals surface area (Å²) < 4.78 is 0. The van der Waals surface area contributed by atoms with Crippen LogP contribution in [0.5, 0.6) is 0 Å². The smallest absolute Gasteiger partial charge is 0.191 e. The monoisotopic (exact) mass is 401 g/mol. The first-order valence-electron chi connectivity index (χ1n) is 11.0. The van der Waals surface area contributed by atoms with E-state index in [4.69, 9.17) is 4.99 Å². The Hall–Kier alpha value is -3.08. The van der Waals surface area contributed by atoms with E-state index in [-0.39, 0.29) is 0 Å². The quantitative estimate of drug-likeness (QED) is 0.484. The van der Waals surface area contributed by atoms with Gasteiger partial charge in [-0.25, -0.2) is 4.98 Å². The number of rotatable bonds is 6. The van der Waals surface area contributed by atoms with Crippen LogP contribution in [0.1, 0.15) is 25.3 Å². The third-order valence-corrected chi connectivity index (χ3v) is 5.68. The maximum Gasteiger partial charge on any atom is 0.191 e. The minimum Gasteiger partial charge on any atom is -0.357 e. The van der Waals surface area contributed by atoms with Gasteiger partial charge in [0.1, 0.15) is 5.82 Å². The van der Waals surface area contributed by atoms with Gasteiger partial charge >= 0.3 is 0 Å². The van der Waals surface area contributed by atoms with Gasteiger partial charge in [-0.3, -0.25) is 4.99 Å². The Morgan fingerprint density at radius 3 is 2.63 bits per heavy atom. The van der Waals surface area contributed by atoms with Gasteiger partial charge in [0.15, 0.2) is 5.96 Å². The highest BCUT2D eigenvalue weighted by atomic mass is 15.2. The zero-order valence-electron chi connectivity index (χ0n) is 17.7. The van der Waals surface area contributed by atoms with E-state index in [1.165, 1.54) is 16.3 Å². The molecular weight excluding hydrogens is 370 g/mol. The van der Waals surface area contributed by atoms with E-state index in [9.17, 15) is 0 Å². The first-order chi connectivity index (χ1) is 14.8. The maximum absolute atomic E-state index is 4.86. The highest BCUT2D eigenvalue weighted by Crippen LogP contribution is 2.19. The Bertz CT molecular complexity index is 956. The highest BCUT2D eigenvalue weighted by Gasteiger charge is 2.20. The Morgan fingerprint density at radius 1 is 1.03 bits per heavy atom. The van der Waals surface area contributed by atoms with Gasteiger partial charge < -0.3 is 15.5 Å². The Kier molecular flexibility index (Phi) is 6.80. The number of fused-ring (bicyclic) bond motifs is 1. The summed E-state index contributed by atoms with van der Waals surface area (Å²) in [7, 11) is 0. The number of piperidine rings is 1. The van der Waals surface area contributed by atoms with E-state index in [2.05, 4.69) is 82.0 Å². The molecule has 1 aliphatic rings. The van der Waals surface area contributed by atoms with Crippen molar-refractivity contribution in [3.05, 3.63) is 72.4 Å². The van der Waals surface area contributed by atoms with Crippen molar-refractivity contribution < 1.29 is 0 Å². The van der Waals surface area contributed by atoms with Crippen LogP contribution in [0, 0.1) is 0 Å². The molecule has 2 aromatic carbocycles. The Labute approximate surface area is 179 Å². The van der Waals surface area contributed by atoms with Crippen LogP contribution in [0.2, 0.25) is 0 Å². The molecule has 0 saturated carbocycles. The number of benzene rings is 2. The fourth-order valence-electron chi connectivity index (χ4n) is 4.11. The van der Waals surface area contributed by atoms with Gasteiger partial charge in [-0.2, -0.15) is 0 Å². The van der Waals surface area contributed by atoms with E-state index >= 15 is 0 Å². The molecule has 30 heavy (non-hydrogen) atoms. The molecule has 1 fully saturated rings. The molecule has 0 bridgehead atoms.